The fourth-order valence-electron chi connectivity index (χ4n) is 1.92. The van der Waals surface area contributed by atoms with Crippen LogP contribution in [0.5, 0.6) is 0 Å². The van der Waals surface area contributed by atoms with Gasteiger partial charge in [0, 0.05) is 19.1 Å². The molecule has 4 nitrogen and oxygen atoms in total. The number of methoxy groups -OCH3 is 1. The van der Waals surface area contributed by atoms with Crippen LogP contribution in [0, 0.1) is 5.92 Å². The molecule has 1 heterocycles. The van der Waals surface area contributed by atoms with Gasteiger partial charge in [0.25, 0.3) is 0 Å². The van der Waals surface area contributed by atoms with Crippen molar-refractivity contribution in [2.45, 2.75) is 25.8 Å². The van der Waals surface area contributed by atoms with Crippen molar-refractivity contribution in [1.82, 2.24) is 4.90 Å². The third kappa shape index (κ3) is 3.27. The maximum absolute atomic E-state index is 11.2. The molecule has 1 fully saturated rings. The number of ether oxygens (including phenoxy) is 1. The molecule has 1 aliphatic rings. The summed E-state index contributed by atoms with van der Waals surface area (Å²) in [6.07, 6.45) is 2.23. The van der Waals surface area contributed by atoms with Crippen molar-refractivity contribution in [3.63, 3.8) is 0 Å². The smallest absolute Gasteiger partial charge is 0.309 e. The van der Waals surface area contributed by atoms with Gasteiger partial charge in [-0.2, -0.15) is 0 Å². The molecule has 0 saturated carbocycles. The first-order valence-electron chi connectivity index (χ1n) is 5.19. The summed E-state index contributed by atoms with van der Waals surface area (Å²) in [4.78, 5) is 13.4. The molecule has 2 atom stereocenters. The van der Waals surface area contributed by atoms with E-state index in [9.17, 15) is 4.79 Å². The van der Waals surface area contributed by atoms with Crippen molar-refractivity contribution in [3.8, 4) is 0 Å². The highest BCUT2D eigenvalue weighted by atomic mass is 16.5. The van der Waals surface area contributed by atoms with Crippen LogP contribution in [0.1, 0.15) is 19.8 Å². The molecule has 4 heteroatoms. The number of esters is 1. The van der Waals surface area contributed by atoms with Gasteiger partial charge in [-0.1, -0.05) is 6.92 Å². The van der Waals surface area contributed by atoms with Gasteiger partial charge in [-0.3, -0.25) is 4.79 Å². The maximum Gasteiger partial charge on any atom is 0.309 e. The number of piperidine rings is 1. The normalized spacial score (nSPS) is 25.8. The number of carbonyl (C=O) groups excluding carboxylic acids is 1. The molecule has 0 bridgehead atoms. The van der Waals surface area contributed by atoms with Gasteiger partial charge in [0.15, 0.2) is 0 Å². The van der Waals surface area contributed by atoms with E-state index < -0.39 is 0 Å². The highest BCUT2D eigenvalue weighted by molar-refractivity contribution is 5.72. The number of likely N-dealkylation sites (tertiary alicyclic amines) is 1. The van der Waals surface area contributed by atoms with E-state index in [-0.39, 0.29) is 17.9 Å². The summed E-state index contributed by atoms with van der Waals surface area (Å²) in [7, 11) is 1.43. The van der Waals surface area contributed by atoms with E-state index in [1.165, 1.54) is 7.11 Å². The van der Waals surface area contributed by atoms with Crippen LogP contribution in [0.4, 0.5) is 0 Å². The summed E-state index contributed by atoms with van der Waals surface area (Å²) in [5, 5.41) is 0. The molecule has 0 aromatic carbocycles. The van der Waals surface area contributed by atoms with Crippen LogP contribution in [0.2, 0.25) is 0 Å². The van der Waals surface area contributed by atoms with Crippen LogP contribution < -0.4 is 5.73 Å². The van der Waals surface area contributed by atoms with Gasteiger partial charge < -0.3 is 15.4 Å². The van der Waals surface area contributed by atoms with E-state index in [1.807, 2.05) is 6.92 Å². The SMILES string of the molecule is COC(=O)C(C)CN1CCC[C@@H](N)C1. The van der Waals surface area contributed by atoms with Crippen LogP contribution in [0.15, 0.2) is 0 Å². The largest absolute Gasteiger partial charge is 0.469 e. The van der Waals surface area contributed by atoms with Crippen molar-refractivity contribution < 1.29 is 9.53 Å². The van der Waals surface area contributed by atoms with E-state index in [0.29, 0.717) is 0 Å². The Labute approximate surface area is 85.4 Å². The Kier molecular flexibility index (Phi) is 4.35. The second-order valence-corrected chi connectivity index (χ2v) is 4.09. The average molecular weight is 200 g/mol. The molecule has 0 radical (unpaired) electrons. The lowest BCUT2D eigenvalue weighted by atomic mass is 10.0. The van der Waals surface area contributed by atoms with Crippen LogP contribution in [0.25, 0.3) is 0 Å². The summed E-state index contributed by atoms with van der Waals surface area (Å²) in [5.41, 5.74) is 5.85. The van der Waals surface area contributed by atoms with Crippen molar-refractivity contribution in [3.05, 3.63) is 0 Å². The van der Waals surface area contributed by atoms with Gasteiger partial charge in [0.2, 0.25) is 0 Å². The molecule has 0 amide bonds. The molecule has 1 saturated heterocycles. The van der Waals surface area contributed by atoms with E-state index >= 15 is 0 Å². The maximum atomic E-state index is 11.2. The molecule has 0 aromatic heterocycles. The number of carbonyl (C=O) groups is 1. The van der Waals surface area contributed by atoms with Crippen LogP contribution >= 0.6 is 0 Å². The summed E-state index contributed by atoms with van der Waals surface area (Å²) in [6, 6.07) is 0.272. The fourth-order valence-corrected chi connectivity index (χ4v) is 1.92. The van der Waals surface area contributed by atoms with Crippen molar-refractivity contribution in [2.24, 2.45) is 11.7 Å². The minimum absolute atomic E-state index is 0.0506. The highest BCUT2D eigenvalue weighted by Crippen LogP contribution is 2.11. The van der Waals surface area contributed by atoms with Gasteiger partial charge in [-0.15, -0.1) is 0 Å². The quantitative estimate of drug-likeness (QED) is 0.662. The molecule has 1 aliphatic heterocycles. The Morgan fingerprint density at radius 3 is 3.00 bits per heavy atom. The number of nitrogens with zero attached hydrogens (tertiary/aromatic N) is 1. The Balaban J connectivity index is 2.32. The first kappa shape index (κ1) is 11.5. The second kappa shape index (κ2) is 5.32. The van der Waals surface area contributed by atoms with Crippen molar-refractivity contribution in [1.29, 1.82) is 0 Å². The second-order valence-electron chi connectivity index (χ2n) is 4.09. The molecule has 2 N–H and O–H groups in total. The Morgan fingerprint density at radius 2 is 2.43 bits per heavy atom. The van der Waals surface area contributed by atoms with E-state index in [4.69, 9.17) is 5.73 Å². The van der Waals surface area contributed by atoms with Gasteiger partial charge in [-0.05, 0) is 19.4 Å². The molecule has 1 unspecified atom stereocenters. The molecule has 0 aliphatic carbocycles. The predicted molar refractivity (Wildman–Crippen MR) is 54.8 cm³/mol. The van der Waals surface area contributed by atoms with Gasteiger partial charge >= 0.3 is 5.97 Å². The molecule has 0 aromatic rings. The van der Waals surface area contributed by atoms with E-state index in [0.717, 1.165) is 32.5 Å². The Morgan fingerprint density at radius 1 is 1.71 bits per heavy atom. The fraction of sp³-hybridized carbons (Fsp3) is 0.900. The van der Waals surface area contributed by atoms with Crippen molar-refractivity contribution in [2.75, 3.05) is 26.7 Å². The zero-order chi connectivity index (χ0) is 10.6. The first-order chi connectivity index (χ1) is 6.63. The van der Waals surface area contributed by atoms with Crippen molar-refractivity contribution >= 4 is 5.97 Å². The number of hydrogen-bond acceptors (Lipinski definition) is 4. The Bertz CT molecular complexity index is 197. The minimum Gasteiger partial charge on any atom is -0.469 e. The average Bonchev–Trinajstić information content (AvgIpc) is 2.16. The highest BCUT2D eigenvalue weighted by Gasteiger charge is 2.21. The van der Waals surface area contributed by atoms with Crippen LogP contribution in [-0.4, -0.2) is 43.7 Å². The summed E-state index contributed by atoms with van der Waals surface area (Å²) < 4.78 is 4.68. The van der Waals surface area contributed by atoms with Gasteiger partial charge in [0.1, 0.15) is 0 Å². The van der Waals surface area contributed by atoms with Crippen LogP contribution in [-0.2, 0) is 9.53 Å². The minimum atomic E-state index is -0.135. The number of hydrogen-bond donors (Lipinski definition) is 1. The molecular formula is C10H20N2O2. The zero-order valence-corrected chi connectivity index (χ0v) is 9.03. The number of nitrogens with two attached hydrogens (primary N) is 1. The summed E-state index contributed by atoms with van der Waals surface area (Å²) in [6.45, 7) is 4.61. The molecule has 0 spiro atoms. The molecular weight excluding hydrogens is 180 g/mol. The lowest BCUT2D eigenvalue weighted by Crippen LogP contribution is -2.45. The lowest BCUT2D eigenvalue weighted by Gasteiger charge is -2.31. The summed E-state index contributed by atoms with van der Waals surface area (Å²) in [5.74, 6) is -0.186. The van der Waals surface area contributed by atoms with E-state index in [2.05, 4.69) is 9.64 Å². The molecule has 82 valence electrons. The predicted octanol–water partition coefficient (Wildman–Crippen LogP) is 0.219. The molecule has 1 rings (SSSR count). The van der Waals surface area contributed by atoms with Gasteiger partial charge in [0.05, 0.1) is 13.0 Å². The Hall–Kier alpha value is -0.610. The number of rotatable bonds is 3. The molecule has 14 heavy (non-hydrogen) atoms. The standard InChI is InChI=1S/C10H20N2O2/c1-8(10(13)14-2)6-12-5-3-4-9(11)7-12/h8-9H,3-7,11H2,1-2H3/t8?,9-/m1/s1. The van der Waals surface area contributed by atoms with E-state index in [1.54, 1.807) is 0 Å². The topological polar surface area (TPSA) is 55.6 Å². The zero-order valence-electron chi connectivity index (χ0n) is 9.03. The third-order valence-corrected chi connectivity index (χ3v) is 2.68. The van der Waals surface area contributed by atoms with Gasteiger partial charge in [-0.25, -0.2) is 0 Å². The monoisotopic (exact) mass is 200 g/mol. The first-order valence-corrected chi connectivity index (χ1v) is 5.19. The summed E-state index contributed by atoms with van der Waals surface area (Å²) >= 11 is 0. The third-order valence-electron chi connectivity index (χ3n) is 2.68. The van der Waals surface area contributed by atoms with Crippen LogP contribution in [0.3, 0.4) is 0 Å². The lowest BCUT2D eigenvalue weighted by molar-refractivity contribution is -0.145.